The van der Waals surface area contributed by atoms with Crippen molar-refractivity contribution in [2.24, 2.45) is 0 Å². The third-order valence-corrected chi connectivity index (χ3v) is 3.80. The molecule has 0 aliphatic carbocycles. The minimum atomic E-state index is -4.46. The molecule has 0 saturated heterocycles. The summed E-state index contributed by atoms with van der Waals surface area (Å²) in [4.78, 5) is 14.7. The standard InChI is InChI=1S/C18H15F3N2O3/c1-25-13-6-11(7-14(9-13)26-2)17(24)22-12-3-4-15-10(5-12)8-16(23-15)18(19,20)21/h3-9,23H,1-2H3,(H,22,24). The lowest BCUT2D eigenvalue weighted by Gasteiger charge is -2.09. The Morgan fingerprint density at radius 3 is 2.23 bits per heavy atom. The molecule has 3 aromatic rings. The Balaban J connectivity index is 1.87. The summed E-state index contributed by atoms with van der Waals surface area (Å²) in [5.74, 6) is 0.462. The first-order valence-electron chi connectivity index (χ1n) is 7.54. The van der Waals surface area contributed by atoms with Gasteiger partial charge in [-0.15, -0.1) is 0 Å². The minimum absolute atomic E-state index is 0.298. The molecule has 2 aromatic carbocycles. The van der Waals surface area contributed by atoms with Gasteiger partial charge >= 0.3 is 6.18 Å². The molecule has 0 aliphatic heterocycles. The number of halogens is 3. The van der Waals surface area contributed by atoms with Crippen LogP contribution in [0.4, 0.5) is 18.9 Å². The Bertz CT molecular complexity index is 942. The quantitative estimate of drug-likeness (QED) is 0.719. The summed E-state index contributed by atoms with van der Waals surface area (Å²) in [5.41, 5.74) is 0.162. The van der Waals surface area contributed by atoms with Gasteiger partial charge in [-0.1, -0.05) is 0 Å². The van der Waals surface area contributed by atoms with Crippen LogP contribution in [-0.2, 0) is 6.18 Å². The average Bonchev–Trinajstić information content (AvgIpc) is 3.05. The SMILES string of the molecule is COc1cc(OC)cc(C(=O)Nc2ccc3[nH]c(C(F)(F)F)cc3c2)c1. The number of amides is 1. The highest BCUT2D eigenvalue weighted by molar-refractivity contribution is 6.05. The van der Waals surface area contributed by atoms with Crippen molar-refractivity contribution in [2.45, 2.75) is 6.18 Å². The van der Waals surface area contributed by atoms with E-state index < -0.39 is 17.8 Å². The first-order chi connectivity index (χ1) is 12.3. The van der Waals surface area contributed by atoms with E-state index >= 15 is 0 Å². The molecule has 0 fully saturated rings. The second-order valence-corrected chi connectivity index (χ2v) is 5.54. The summed E-state index contributed by atoms with van der Waals surface area (Å²) in [6.45, 7) is 0. The maximum atomic E-state index is 12.8. The van der Waals surface area contributed by atoms with Crippen LogP contribution in [0.25, 0.3) is 10.9 Å². The van der Waals surface area contributed by atoms with Gasteiger partial charge in [-0.2, -0.15) is 13.2 Å². The van der Waals surface area contributed by atoms with Crippen LogP contribution in [0.1, 0.15) is 16.1 Å². The van der Waals surface area contributed by atoms with Crippen LogP contribution in [0.15, 0.2) is 42.5 Å². The van der Waals surface area contributed by atoms with Gasteiger partial charge in [0.15, 0.2) is 0 Å². The predicted octanol–water partition coefficient (Wildman–Crippen LogP) is 4.46. The van der Waals surface area contributed by atoms with E-state index in [2.05, 4.69) is 10.3 Å². The summed E-state index contributed by atoms with van der Waals surface area (Å²) in [5, 5.41) is 3.00. The van der Waals surface area contributed by atoms with Gasteiger partial charge in [0.1, 0.15) is 17.2 Å². The summed E-state index contributed by atoms with van der Waals surface area (Å²) < 4.78 is 48.6. The summed E-state index contributed by atoms with van der Waals surface area (Å²) in [6, 6.07) is 10.2. The van der Waals surface area contributed by atoms with Gasteiger partial charge in [-0.25, -0.2) is 0 Å². The Morgan fingerprint density at radius 1 is 1.00 bits per heavy atom. The fourth-order valence-corrected chi connectivity index (χ4v) is 2.50. The monoisotopic (exact) mass is 364 g/mol. The normalized spacial score (nSPS) is 11.4. The van der Waals surface area contributed by atoms with Crippen molar-refractivity contribution in [3.63, 3.8) is 0 Å². The fourth-order valence-electron chi connectivity index (χ4n) is 2.50. The second kappa shape index (κ2) is 6.62. The topological polar surface area (TPSA) is 63.4 Å². The summed E-state index contributed by atoms with van der Waals surface area (Å²) >= 11 is 0. The molecule has 1 heterocycles. The van der Waals surface area contributed by atoms with Crippen molar-refractivity contribution >= 4 is 22.5 Å². The van der Waals surface area contributed by atoms with Gasteiger partial charge < -0.3 is 19.8 Å². The van der Waals surface area contributed by atoms with E-state index in [1.165, 1.54) is 44.6 Å². The number of nitrogens with one attached hydrogen (secondary N) is 2. The van der Waals surface area contributed by atoms with Crippen molar-refractivity contribution in [1.29, 1.82) is 0 Å². The third kappa shape index (κ3) is 3.58. The molecule has 5 nitrogen and oxygen atoms in total. The molecule has 0 atom stereocenters. The lowest BCUT2D eigenvalue weighted by Crippen LogP contribution is -2.12. The second-order valence-electron chi connectivity index (χ2n) is 5.54. The first kappa shape index (κ1) is 17.7. The molecule has 1 aromatic heterocycles. The molecule has 0 unspecified atom stereocenters. The van der Waals surface area contributed by atoms with Gasteiger partial charge in [-0.05, 0) is 36.4 Å². The van der Waals surface area contributed by atoms with Crippen LogP contribution in [-0.4, -0.2) is 25.1 Å². The lowest BCUT2D eigenvalue weighted by atomic mass is 10.1. The lowest BCUT2D eigenvalue weighted by molar-refractivity contribution is -0.140. The van der Waals surface area contributed by atoms with Crippen LogP contribution in [0.3, 0.4) is 0 Å². The van der Waals surface area contributed by atoms with E-state index in [4.69, 9.17) is 9.47 Å². The Morgan fingerprint density at radius 2 is 1.65 bits per heavy atom. The molecule has 0 spiro atoms. The largest absolute Gasteiger partial charge is 0.497 e. The maximum Gasteiger partial charge on any atom is 0.431 e. The van der Waals surface area contributed by atoms with Crippen molar-refractivity contribution in [3.8, 4) is 11.5 Å². The number of hydrogen-bond acceptors (Lipinski definition) is 3. The molecule has 0 bridgehead atoms. The molecule has 26 heavy (non-hydrogen) atoms. The Kier molecular flexibility index (Phi) is 4.50. The van der Waals surface area contributed by atoms with Crippen molar-refractivity contribution < 1.29 is 27.4 Å². The number of anilines is 1. The van der Waals surface area contributed by atoms with E-state index in [0.29, 0.717) is 33.7 Å². The number of carbonyl (C=O) groups is 1. The summed E-state index contributed by atoms with van der Waals surface area (Å²) in [7, 11) is 2.93. The number of methoxy groups -OCH3 is 2. The molecule has 0 saturated carbocycles. The molecule has 0 aliphatic rings. The molecule has 3 rings (SSSR count). The number of H-pyrrole nitrogens is 1. The number of benzene rings is 2. The van der Waals surface area contributed by atoms with Gasteiger partial charge in [0.05, 0.1) is 14.2 Å². The van der Waals surface area contributed by atoms with Crippen LogP contribution in [0.2, 0.25) is 0 Å². The average molecular weight is 364 g/mol. The van der Waals surface area contributed by atoms with Crippen LogP contribution >= 0.6 is 0 Å². The number of hydrogen-bond donors (Lipinski definition) is 2. The number of aromatic nitrogens is 1. The number of aromatic amines is 1. The molecular weight excluding hydrogens is 349 g/mol. The van der Waals surface area contributed by atoms with Crippen LogP contribution in [0.5, 0.6) is 11.5 Å². The zero-order chi connectivity index (χ0) is 18.9. The Hall–Kier alpha value is -3.16. The van der Waals surface area contributed by atoms with Gasteiger partial charge in [-0.3, -0.25) is 4.79 Å². The zero-order valence-electron chi connectivity index (χ0n) is 13.9. The predicted molar refractivity (Wildman–Crippen MR) is 90.8 cm³/mol. The van der Waals surface area contributed by atoms with Gasteiger partial charge in [0.2, 0.25) is 0 Å². The number of rotatable bonds is 4. The van der Waals surface area contributed by atoms with E-state index in [1.807, 2.05) is 0 Å². The zero-order valence-corrected chi connectivity index (χ0v) is 13.9. The highest BCUT2D eigenvalue weighted by atomic mass is 19.4. The molecule has 0 radical (unpaired) electrons. The fraction of sp³-hybridized carbons (Fsp3) is 0.167. The van der Waals surface area contributed by atoms with Crippen molar-refractivity contribution in [3.05, 3.63) is 53.7 Å². The smallest absolute Gasteiger partial charge is 0.431 e. The van der Waals surface area contributed by atoms with Crippen LogP contribution < -0.4 is 14.8 Å². The van der Waals surface area contributed by atoms with Crippen molar-refractivity contribution in [1.82, 2.24) is 4.98 Å². The molecule has 1 amide bonds. The van der Waals surface area contributed by atoms with Crippen molar-refractivity contribution in [2.75, 3.05) is 19.5 Å². The van der Waals surface area contributed by atoms with Crippen LogP contribution in [0, 0.1) is 0 Å². The molecule has 136 valence electrons. The highest BCUT2D eigenvalue weighted by Crippen LogP contribution is 2.32. The Labute approximate surface area is 146 Å². The highest BCUT2D eigenvalue weighted by Gasteiger charge is 2.32. The van der Waals surface area contributed by atoms with Gasteiger partial charge in [0, 0.05) is 28.2 Å². The number of ether oxygens (including phenoxy) is 2. The van der Waals surface area contributed by atoms with E-state index in [9.17, 15) is 18.0 Å². The van der Waals surface area contributed by atoms with E-state index in [-0.39, 0.29) is 0 Å². The maximum absolute atomic E-state index is 12.8. The number of fused-ring (bicyclic) bond motifs is 1. The molecule has 8 heteroatoms. The first-order valence-corrected chi connectivity index (χ1v) is 7.54. The third-order valence-electron chi connectivity index (χ3n) is 3.80. The number of alkyl halides is 3. The van der Waals surface area contributed by atoms with E-state index in [1.54, 1.807) is 6.07 Å². The molecule has 2 N–H and O–H groups in total. The molecular formula is C18H15F3N2O3. The minimum Gasteiger partial charge on any atom is -0.497 e. The van der Waals surface area contributed by atoms with Gasteiger partial charge in [0.25, 0.3) is 5.91 Å². The summed E-state index contributed by atoms with van der Waals surface area (Å²) in [6.07, 6.45) is -4.46. The number of carbonyl (C=O) groups excluding carboxylic acids is 1. The van der Waals surface area contributed by atoms with E-state index in [0.717, 1.165) is 6.07 Å².